The molecular weight excluding hydrogens is 388 g/mol. The quantitative estimate of drug-likeness (QED) is 0.473. The lowest BCUT2D eigenvalue weighted by Gasteiger charge is -2.09. The first-order chi connectivity index (χ1) is 13.1. The lowest BCUT2D eigenvalue weighted by atomic mass is 10.2. The molecule has 0 aliphatic heterocycles. The van der Waals surface area contributed by atoms with Crippen LogP contribution < -0.4 is 9.47 Å². The first-order valence-corrected chi connectivity index (χ1v) is 8.84. The maximum atomic E-state index is 10.0. The highest BCUT2D eigenvalue weighted by atomic mass is 35.5. The number of hydrogen-bond donors (Lipinski definition) is 2. The monoisotopic (exact) mass is 404 g/mol. The lowest BCUT2D eigenvalue weighted by molar-refractivity contribution is 0.341. The van der Waals surface area contributed by atoms with Gasteiger partial charge in [-0.2, -0.15) is 14.9 Å². The number of nitrogens with one attached hydrogen (secondary N) is 1. The van der Waals surface area contributed by atoms with E-state index in [0.717, 1.165) is 5.56 Å². The van der Waals surface area contributed by atoms with E-state index in [-0.39, 0.29) is 16.5 Å². The van der Waals surface area contributed by atoms with Crippen LogP contribution in [0.3, 0.4) is 0 Å². The van der Waals surface area contributed by atoms with Crippen LogP contribution in [0.4, 0.5) is 0 Å². The second-order valence-corrected chi connectivity index (χ2v) is 6.12. The Bertz CT molecular complexity index is 1050. The zero-order valence-electron chi connectivity index (χ0n) is 14.6. The number of aromatic nitrogens is 3. The summed E-state index contributed by atoms with van der Waals surface area (Å²) in [6, 6.07) is 10.8. The summed E-state index contributed by atoms with van der Waals surface area (Å²) in [6.07, 6.45) is 1.49. The number of aromatic hydroxyl groups is 1. The van der Waals surface area contributed by atoms with Crippen molar-refractivity contribution < 1.29 is 14.6 Å². The standard InChI is InChI=1S/C18H17ClN4O3S/c1-3-26-13-7-5-4-6-12(13)17-21-22-18(27)23(17)20-10-11-8-9-14(25-2)16(24)15(11)19/h4-10,24H,3H2,1-2H3,(H,22,27)/b20-10-. The van der Waals surface area contributed by atoms with Crippen molar-refractivity contribution in [2.45, 2.75) is 6.92 Å². The molecule has 0 aliphatic carbocycles. The average molecular weight is 405 g/mol. The molecule has 3 aromatic rings. The normalized spacial score (nSPS) is 11.1. The van der Waals surface area contributed by atoms with Crippen LogP contribution in [0, 0.1) is 4.77 Å². The van der Waals surface area contributed by atoms with Gasteiger partial charge in [0.15, 0.2) is 17.3 Å². The van der Waals surface area contributed by atoms with E-state index >= 15 is 0 Å². The molecule has 0 saturated carbocycles. The molecule has 0 fully saturated rings. The average Bonchev–Trinajstić information content (AvgIpc) is 3.04. The summed E-state index contributed by atoms with van der Waals surface area (Å²) in [6.45, 7) is 2.43. The number of nitrogens with zero attached hydrogens (tertiary/aromatic N) is 3. The van der Waals surface area contributed by atoms with Gasteiger partial charge in [-0.15, -0.1) is 0 Å². The summed E-state index contributed by atoms with van der Waals surface area (Å²) >= 11 is 11.5. The van der Waals surface area contributed by atoms with Crippen LogP contribution in [0.15, 0.2) is 41.5 Å². The van der Waals surface area contributed by atoms with Crippen molar-refractivity contribution in [3.05, 3.63) is 51.8 Å². The number of methoxy groups -OCH3 is 1. The number of phenols is 1. The summed E-state index contributed by atoms with van der Waals surface area (Å²) < 4.78 is 12.5. The van der Waals surface area contributed by atoms with E-state index in [1.54, 1.807) is 12.1 Å². The van der Waals surface area contributed by atoms with Crippen molar-refractivity contribution in [2.24, 2.45) is 5.10 Å². The fraction of sp³-hybridized carbons (Fsp3) is 0.167. The molecule has 1 aromatic heterocycles. The number of phenolic OH excluding ortho intramolecular Hbond substituents is 1. The molecule has 0 aliphatic rings. The number of halogens is 1. The van der Waals surface area contributed by atoms with E-state index in [0.29, 0.717) is 28.5 Å². The first-order valence-electron chi connectivity index (χ1n) is 8.06. The van der Waals surface area contributed by atoms with Crippen molar-refractivity contribution in [1.29, 1.82) is 0 Å². The van der Waals surface area contributed by atoms with Gasteiger partial charge in [-0.25, -0.2) is 5.10 Å². The zero-order valence-corrected chi connectivity index (χ0v) is 16.2. The Balaban J connectivity index is 2.03. The molecule has 9 heteroatoms. The van der Waals surface area contributed by atoms with Crippen LogP contribution in [0.2, 0.25) is 5.02 Å². The molecule has 27 heavy (non-hydrogen) atoms. The van der Waals surface area contributed by atoms with Gasteiger partial charge in [0.25, 0.3) is 0 Å². The Morgan fingerprint density at radius 2 is 2.07 bits per heavy atom. The third-order valence-electron chi connectivity index (χ3n) is 3.72. The largest absolute Gasteiger partial charge is 0.503 e. The third-order valence-corrected chi connectivity index (χ3v) is 4.38. The van der Waals surface area contributed by atoms with Crippen LogP contribution >= 0.6 is 23.8 Å². The Hall–Kier alpha value is -2.84. The maximum absolute atomic E-state index is 10.0. The summed E-state index contributed by atoms with van der Waals surface area (Å²) in [5.41, 5.74) is 1.25. The predicted octanol–water partition coefficient (Wildman–Crippen LogP) is 4.26. The topological polar surface area (TPSA) is 84.7 Å². The molecule has 0 amide bonds. The number of H-pyrrole nitrogens is 1. The van der Waals surface area contributed by atoms with Gasteiger partial charge in [0.1, 0.15) is 5.75 Å². The van der Waals surface area contributed by atoms with Crippen molar-refractivity contribution in [3.8, 4) is 28.6 Å². The summed E-state index contributed by atoms with van der Waals surface area (Å²) in [5, 5.41) is 21.5. The highest BCUT2D eigenvalue weighted by Crippen LogP contribution is 2.35. The summed E-state index contributed by atoms with van der Waals surface area (Å²) in [4.78, 5) is 0. The number of para-hydroxylation sites is 1. The van der Waals surface area contributed by atoms with Gasteiger partial charge in [0.2, 0.25) is 4.77 Å². The molecule has 0 saturated heterocycles. The third kappa shape index (κ3) is 3.81. The van der Waals surface area contributed by atoms with Crippen LogP contribution in [-0.4, -0.2) is 39.9 Å². The fourth-order valence-corrected chi connectivity index (χ4v) is 2.84. The molecule has 0 radical (unpaired) electrons. The van der Waals surface area contributed by atoms with E-state index in [1.807, 2.05) is 31.2 Å². The second-order valence-electron chi connectivity index (χ2n) is 5.36. The Morgan fingerprint density at radius 3 is 2.81 bits per heavy atom. The molecule has 0 atom stereocenters. The minimum Gasteiger partial charge on any atom is -0.503 e. The number of benzene rings is 2. The number of hydrogen-bond acceptors (Lipinski definition) is 6. The zero-order chi connectivity index (χ0) is 19.4. The van der Waals surface area contributed by atoms with Gasteiger partial charge >= 0.3 is 0 Å². The molecule has 2 aromatic carbocycles. The van der Waals surface area contributed by atoms with E-state index in [2.05, 4.69) is 15.3 Å². The smallest absolute Gasteiger partial charge is 0.216 e. The van der Waals surface area contributed by atoms with Gasteiger partial charge in [-0.05, 0) is 43.4 Å². The molecular formula is C18H17ClN4O3S. The molecule has 1 heterocycles. The Labute approximate surface area is 165 Å². The Kier molecular flexibility index (Phi) is 5.78. The molecule has 0 unspecified atom stereocenters. The van der Waals surface area contributed by atoms with Gasteiger partial charge in [-0.1, -0.05) is 23.7 Å². The molecule has 140 valence electrons. The second kappa shape index (κ2) is 8.24. The van der Waals surface area contributed by atoms with Gasteiger partial charge < -0.3 is 14.6 Å². The van der Waals surface area contributed by atoms with Crippen LogP contribution in [-0.2, 0) is 0 Å². The summed E-state index contributed by atoms with van der Waals surface area (Å²) in [5.74, 6) is 1.30. The van der Waals surface area contributed by atoms with E-state index in [1.165, 1.54) is 18.0 Å². The van der Waals surface area contributed by atoms with Crippen LogP contribution in [0.25, 0.3) is 11.4 Å². The number of rotatable bonds is 6. The van der Waals surface area contributed by atoms with Crippen LogP contribution in [0.1, 0.15) is 12.5 Å². The van der Waals surface area contributed by atoms with E-state index < -0.39 is 0 Å². The predicted molar refractivity (Wildman–Crippen MR) is 107 cm³/mol. The van der Waals surface area contributed by atoms with Crippen molar-refractivity contribution >= 4 is 30.0 Å². The molecule has 3 rings (SSSR count). The van der Waals surface area contributed by atoms with Crippen molar-refractivity contribution in [3.63, 3.8) is 0 Å². The first kappa shape index (κ1) is 18.9. The van der Waals surface area contributed by atoms with Crippen LogP contribution in [0.5, 0.6) is 17.2 Å². The molecule has 0 bridgehead atoms. The minimum atomic E-state index is -0.152. The highest BCUT2D eigenvalue weighted by Gasteiger charge is 2.14. The maximum Gasteiger partial charge on any atom is 0.216 e. The molecule has 7 nitrogen and oxygen atoms in total. The Morgan fingerprint density at radius 1 is 1.30 bits per heavy atom. The van der Waals surface area contributed by atoms with Gasteiger partial charge in [0.05, 0.1) is 30.5 Å². The molecule has 2 N–H and O–H groups in total. The van der Waals surface area contributed by atoms with Crippen molar-refractivity contribution in [2.75, 3.05) is 13.7 Å². The van der Waals surface area contributed by atoms with E-state index in [9.17, 15) is 5.11 Å². The fourth-order valence-electron chi connectivity index (χ4n) is 2.45. The lowest BCUT2D eigenvalue weighted by Crippen LogP contribution is -1.99. The van der Waals surface area contributed by atoms with E-state index in [4.69, 9.17) is 33.3 Å². The number of ether oxygens (including phenoxy) is 2. The number of aromatic amines is 1. The van der Waals surface area contributed by atoms with Crippen molar-refractivity contribution in [1.82, 2.24) is 14.9 Å². The minimum absolute atomic E-state index is 0.129. The molecule has 0 spiro atoms. The highest BCUT2D eigenvalue weighted by molar-refractivity contribution is 7.71. The van der Waals surface area contributed by atoms with Gasteiger partial charge in [-0.3, -0.25) is 0 Å². The SMILES string of the molecule is CCOc1ccccc1-c1n[nH]c(=S)n1/N=C\c1ccc(OC)c(O)c1Cl. The summed E-state index contributed by atoms with van der Waals surface area (Å²) in [7, 11) is 1.45. The van der Waals surface area contributed by atoms with Gasteiger partial charge in [0, 0.05) is 5.56 Å².